The molecule has 0 aromatic carbocycles. The second-order valence-electron chi connectivity index (χ2n) is 7.80. The minimum atomic E-state index is -0.507. The second kappa shape index (κ2) is 7.62. The molecule has 0 saturated heterocycles. The van der Waals surface area contributed by atoms with Gasteiger partial charge in [0, 0.05) is 14.1 Å². The molecule has 2 aliphatic rings. The summed E-state index contributed by atoms with van der Waals surface area (Å²) in [6.45, 7) is 3.94. The molecule has 0 atom stereocenters. The summed E-state index contributed by atoms with van der Waals surface area (Å²) < 4.78 is 11.3. The van der Waals surface area contributed by atoms with Crippen LogP contribution < -0.4 is 0 Å². The molecule has 2 saturated carbocycles. The van der Waals surface area contributed by atoms with Gasteiger partial charge in [-0.3, -0.25) is 0 Å². The second-order valence-corrected chi connectivity index (χ2v) is 7.80. The van der Waals surface area contributed by atoms with E-state index in [1.54, 1.807) is 14.1 Å². The van der Waals surface area contributed by atoms with Gasteiger partial charge in [-0.2, -0.15) is 0 Å². The van der Waals surface area contributed by atoms with Crippen molar-refractivity contribution < 1.29 is 19.1 Å². The molecule has 2 rings (SSSR count). The molecular weight excluding hydrogens is 308 g/mol. The minimum absolute atomic E-state index is 0.427. The van der Waals surface area contributed by atoms with Gasteiger partial charge in [-0.05, 0) is 65.2 Å². The summed E-state index contributed by atoms with van der Waals surface area (Å²) in [5.41, 5.74) is -0.854. The Morgan fingerprint density at radius 2 is 0.958 bits per heavy atom. The van der Waals surface area contributed by atoms with E-state index in [1.165, 1.54) is 22.9 Å². The predicted molar refractivity (Wildman–Crippen MR) is 91.5 cm³/mol. The number of hydrogen-bond acceptors (Lipinski definition) is 4. The minimum Gasteiger partial charge on any atom is -0.442 e. The van der Waals surface area contributed by atoms with Crippen molar-refractivity contribution in [1.29, 1.82) is 0 Å². The molecule has 6 nitrogen and oxygen atoms in total. The number of hydrogen-bond donors (Lipinski definition) is 0. The van der Waals surface area contributed by atoms with Crippen molar-refractivity contribution >= 4 is 12.2 Å². The zero-order valence-electron chi connectivity index (χ0n) is 15.6. The Kier molecular flexibility index (Phi) is 5.99. The number of hydrazine groups is 1. The third-order valence-electron chi connectivity index (χ3n) is 5.47. The lowest BCUT2D eigenvalue weighted by atomic mass is 9.86. The lowest BCUT2D eigenvalue weighted by Crippen LogP contribution is -2.50. The van der Waals surface area contributed by atoms with E-state index in [4.69, 9.17) is 9.47 Å². The summed E-state index contributed by atoms with van der Waals surface area (Å²) in [5, 5.41) is 2.41. The lowest BCUT2D eigenvalue weighted by Gasteiger charge is -2.38. The molecule has 0 aromatic heterocycles. The van der Waals surface area contributed by atoms with Crippen LogP contribution in [0.2, 0.25) is 0 Å². The smallest absolute Gasteiger partial charge is 0.429 e. The maximum Gasteiger partial charge on any atom is 0.429 e. The molecule has 138 valence electrons. The Labute approximate surface area is 145 Å². The number of ether oxygens (including phenoxy) is 2. The Bertz CT molecular complexity index is 412. The molecule has 2 fully saturated rings. The highest BCUT2D eigenvalue weighted by molar-refractivity contribution is 5.74. The van der Waals surface area contributed by atoms with E-state index in [0.29, 0.717) is 0 Å². The highest BCUT2D eigenvalue weighted by Gasteiger charge is 2.36. The summed E-state index contributed by atoms with van der Waals surface area (Å²) in [5.74, 6) is 0. The highest BCUT2D eigenvalue weighted by atomic mass is 16.6. The average molecular weight is 340 g/mol. The van der Waals surface area contributed by atoms with E-state index < -0.39 is 23.4 Å². The summed E-state index contributed by atoms with van der Waals surface area (Å²) in [4.78, 5) is 24.8. The van der Waals surface area contributed by atoms with E-state index in [0.717, 1.165) is 51.4 Å². The SMILES string of the molecule is CN(C(=O)OC1(C)CCCCC1)N(C)C(=O)OC1(C)CCCCC1. The third-order valence-corrected chi connectivity index (χ3v) is 5.47. The van der Waals surface area contributed by atoms with E-state index in [-0.39, 0.29) is 0 Å². The Morgan fingerprint density at radius 1 is 0.667 bits per heavy atom. The summed E-state index contributed by atoms with van der Waals surface area (Å²) >= 11 is 0. The first-order chi connectivity index (χ1) is 11.2. The maximum absolute atomic E-state index is 12.4. The van der Waals surface area contributed by atoms with Crippen LogP contribution >= 0.6 is 0 Å². The van der Waals surface area contributed by atoms with Crippen molar-refractivity contribution in [2.75, 3.05) is 14.1 Å². The van der Waals surface area contributed by atoms with Crippen molar-refractivity contribution in [2.24, 2.45) is 0 Å². The molecule has 0 spiro atoms. The predicted octanol–water partition coefficient (Wildman–Crippen LogP) is 4.48. The van der Waals surface area contributed by atoms with Crippen LogP contribution in [-0.4, -0.2) is 47.5 Å². The first-order valence-corrected chi connectivity index (χ1v) is 9.18. The quantitative estimate of drug-likeness (QED) is 0.695. The van der Waals surface area contributed by atoms with Crippen molar-refractivity contribution in [3.05, 3.63) is 0 Å². The van der Waals surface area contributed by atoms with Crippen LogP contribution in [0, 0.1) is 0 Å². The Balaban J connectivity index is 1.88. The molecule has 0 aromatic rings. The molecule has 24 heavy (non-hydrogen) atoms. The van der Waals surface area contributed by atoms with Gasteiger partial charge in [0.25, 0.3) is 0 Å². The van der Waals surface area contributed by atoms with Gasteiger partial charge in [-0.1, -0.05) is 12.8 Å². The Morgan fingerprint density at radius 3 is 1.25 bits per heavy atom. The largest absolute Gasteiger partial charge is 0.442 e. The maximum atomic E-state index is 12.4. The molecule has 0 N–H and O–H groups in total. The zero-order valence-corrected chi connectivity index (χ0v) is 15.6. The van der Waals surface area contributed by atoms with Crippen LogP contribution in [0.4, 0.5) is 9.59 Å². The number of carbonyl (C=O) groups excluding carboxylic acids is 2. The van der Waals surface area contributed by atoms with Crippen LogP contribution in [0.15, 0.2) is 0 Å². The molecule has 0 aliphatic heterocycles. The number of nitrogens with zero attached hydrogens (tertiary/aromatic N) is 2. The van der Waals surface area contributed by atoms with Gasteiger partial charge in [-0.15, -0.1) is 0 Å². The van der Waals surface area contributed by atoms with Gasteiger partial charge in [-0.25, -0.2) is 19.6 Å². The summed E-state index contributed by atoms with van der Waals surface area (Å²) in [6.07, 6.45) is 9.15. The summed E-state index contributed by atoms with van der Waals surface area (Å²) in [6, 6.07) is 0. The average Bonchev–Trinajstić information content (AvgIpc) is 2.53. The summed E-state index contributed by atoms with van der Waals surface area (Å²) in [7, 11) is 3.08. The molecule has 2 amide bonds. The van der Waals surface area contributed by atoms with Crippen molar-refractivity contribution in [3.63, 3.8) is 0 Å². The van der Waals surface area contributed by atoms with Gasteiger partial charge in [0.2, 0.25) is 0 Å². The van der Waals surface area contributed by atoms with Crippen LogP contribution in [0.25, 0.3) is 0 Å². The van der Waals surface area contributed by atoms with E-state index in [1.807, 2.05) is 13.8 Å². The number of rotatable bonds is 2. The number of amides is 2. The fraction of sp³-hybridized carbons (Fsp3) is 0.889. The topological polar surface area (TPSA) is 59.1 Å². The van der Waals surface area contributed by atoms with Crippen LogP contribution in [0.5, 0.6) is 0 Å². The fourth-order valence-electron chi connectivity index (χ4n) is 3.60. The monoisotopic (exact) mass is 340 g/mol. The van der Waals surface area contributed by atoms with Gasteiger partial charge in [0.05, 0.1) is 0 Å². The van der Waals surface area contributed by atoms with Crippen LogP contribution in [-0.2, 0) is 9.47 Å². The molecule has 2 aliphatic carbocycles. The van der Waals surface area contributed by atoms with Crippen molar-refractivity contribution in [2.45, 2.75) is 89.3 Å². The first-order valence-electron chi connectivity index (χ1n) is 9.18. The molecule has 0 heterocycles. The van der Waals surface area contributed by atoms with E-state index in [2.05, 4.69) is 0 Å². The van der Waals surface area contributed by atoms with Gasteiger partial charge < -0.3 is 9.47 Å². The molecule has 0 unspecified atom stereocenters. The van der Waals surface area contributed by atoms with Gasteiger partial charge >= 0.3 is 12.2 Å². The molecule has 0 bridgehead atoms. The Hall–Kier alpha value is -1.46. The molecule has 0 radical (unpaired) electrons. The van der Waals surface area contributed by atoms with Gasteiger partial charge in [0.15, 0.2) is 0 Å². The zero-order chi connectivity index (χ0) is 17.8. The van der Waals surface area contributed by atoms with E-state index >= 15 is 0 Å². The third kappa shape index (κ3) is 4.77. The standard InChI is InChI=1S/C18H32N2O4/c1-17(11-7-5-8-12-17)23-15(21)19(3)20(4)16(22)24-18(2)13-9-6-10-14-18/h5-14H2,1-4H3. The molecule has 6 heteroatoms. The number of carbonyl (C=O) groups is 2. The van der Waals surface area contributed by atoms with Crippen molar-refractivity contribution in [3.8, 4) is 0 Å². The normalized spacial score (nSPS) is 22.3. The van der Waals surface area contributed by atoms with E-state index in [9.17, 15) is 9.59 Å². The van der Waals surface area contributed by atoms with Crippen LogP contribution in [0.3, 0.4) is 0 Å². The first kappa shape index (κ1) is 18.9. The molecular formula is C18H32N2O4. The van der Waals surface area contributed by atoms with Crippen molar-refractivity contribution in [1.82, 2.24) is 10.0 Å². The van der Waals surface area contributed by atoms with Gasteiger partial charge in [0.1, 0.15) is 11.2 Å². The fourth-order valence-corrected chi connectivity index (χ4v) is 3.60. The lowest BCUT2D eigenvalue weighted by molar-refractivity contribution is -0.0710. The van der Waals surface area contributed by atoms with Crippen LogP contribution in [0.1, 0.15) is 78.1 Å². The highest BCUT2D eigenvalue weighted by Crippen LogP contribution is 2.33.